The van der Waals surface area contributed by atoms with E-state index in [2.05, 4.69) is 64.3 Å². The average Bonchev–Trinajstić information content (AvgIpc) is 3.35. The van der Waals surface area contributed by atoms with Gasteiger partial charge < -0.3 is 19.1 Å². The third kappa shape index (κ3) is 4.65. The number of piperazine rings is 1. The Bertz CT molecular complexity index is 1080. The number of methoxy groups -OCH3 is 3. The second-order valence-corrected chi connectivity index (χ2v) is 9.33. The van der Waals surface area contributed by atoms with Crippen LogP contribution in [0.5, 0.6) is 17.2 Å². The molecule has 1 fully saturated rings. The number of anilines is 1. The van der Waals surface area contributed by atoms with Crippen LogP contribution in [-0.4, -0.2) is 72.6 Å². The number of nitrogens with zero attached hydrogens (tertiary/aromatic N) is 6. The number of benzene rings is 2. The molecule has 0 spiro atoms. The Kier molecular flexibility index (Phi) is 6.92. The third-order valence-electron chi connectivity index (χ3n) is 6.22. The highest BCUT2D eigenvalue weighted by atomic mass is 16.5. The highest BCUT2D eigenvalue weighted by Crippen LogP contribution is 2.40. The van der Waals surface area contributed by atoms with E-state index in [-0.39, 0.29) is 11.6 Å². The Hall–Kier alpha value is -3.33. The predicted octanol–water partition coefficient (Wildman–Crippen LogP) is 3.37. The SMILES string of the molecule is COc1ccc(N2CCN([C@H](c3cccc(OC)c3OC)c3nnnn3C(C)(C)C)CC2)cc1. The van der Waals surface area contributed by atoms with Crippen LogP contribution in [0.3, 0.4) is 0 Å². The molecule has 34 heavy (non-hydrogen) atoms. The molecule has 3 aromatic rings. The van der Waals surface area contributed by atoms with Crippen LogP contribution in [0.4, 0.5) is 5.69 Å². The molecular weight excluding hydrogens is 432 g/mol. The third-order valence-corrected chi connectivity index (χ3v) is 6.22. The van der Waals surface area contributed by atoms with Gasteiger partial charge in [-0.05, 0) is 61.5 Å². The highest BCUT2D eigenvalue weighted by molar-refractivity contribution is 5.51. The van der Waals surface area contributed by atoms with Gasteiger partial charge in [0.15, 0.2) is 17.3 Å². The maximum atomic E-state index is 5.82. The lowest BCUT2D eigenvalue weighted by molar-refractivity contribution is 0.188. The minimum atomic E-state index is -0.270. The molecule has 4 rings (SSSR count). The molecule has 9 heteroatoms. The Morgan fingerprint density at radius 2 is 1.56 bits per heavy atom. The van der Waals surface area contributed by atoms with Crippen LogP contribution in [0.1, 0.15) is 38.2 Å². The van der Waals surface area contributed by atoms with Crippen molar-refractivity contribution in [3.8, 4) is 17.2 Å². The summed E-state index contributed by atoms with van der Waals surface area (Å²) in [6.07, 6.45) is 0. The first-order valence-electron chi connectivity index (χ1n) is 11.5. The van der Waals surface area contributed by atoms with Crippen LogP contribution in [0, 0.1) is 0 Å². The van der Waals surface area contributed by atoms with Crippen LogP contribution in [0.2, 0.25) is 0 Å². The smallest absolute Gasteiger partial charge is 0.173 e. The maximum absolute atomic E-state index is 5.82. The van der Waals surface area contributed by atoms with E-state index in [1.54, 1.807) is 21.3 Å². The first kappa shape index (κ1) is 23.8. The highest BCUT2D eigenvalue weighted by Gasteiger charge is 2.35. The van der Waals surface area contributed by atoms with Gasteiger partial charge in [0.05, 0.1) is 26.9 Å². The summed E-state index contributed by atoms with van der Waals surface area (Å²) in [5.41, 5.74) is 1.91. The van der Waals surface area contributed by atoms with Crippen LogP contribution >= 0.6 is 0 Å². The lowest BCUT2D eigenvalue weighted by Crippen LogP contribution is -2.48. The standard InChI is InChI=1S/C25H34N6O3/c1-25(2,3)31-24(26-27-28-31)22(20-8-7-9-21(33-5)23(20)34-6)30-16-14-29(15-17-30)18-10-12-19(32-4)13-11-18/h7-13,22H,14-17H2,1-6H3/t22-/m1/s1. The van der Waals surface area contributed by atoms with E-state index in [9.17, 15) is 0 Å². The molecule has 2 heterocycles. The van der Waals surface area contributed by atoms with Crippen molar-refractivity contribution < 1.29 is 14.2 Å². The summed E-state index contributed by atoms with van der Waals surface area (Å²) < 4.78 is 18.6. The van der Waals surface area contributed by atoms with Gasteiger partial charge in [0.25, 0.3) is 0 Å². The fraction of sp³-hybridized carbons (Fsp3) is 0.480. The van der Waals surface area contributed by atoms with E-state index >= 15 is 0 Å². The molecule has 9 nitrogen and oxygen atoms in total. The number of hydrogen-bond donors (Lipinski definition) is 0. The fourth-order valence-corrected chi connectivity index (χ4v) is 4.50. The topological polar surface area (TPSA) is 77.8 Å². The average molecular weight is 467 g/mol. The van der Waals surface area contributed by atoms with Crippen molar-refractivity contribution in [2.24, 2.45) is 0 Å². The molecule has 0 aliphatic carbocycles. The van der Waals surface area contributed by atoms with Crippen LogP contribution in [-0.2, 0) is 5.54 Å². The van der Waals surface area contributed by atoms with E-state index in [0.717, 1.165) is 43.3 Å². The van der Waals surface area contributed by atoms with Crippen molar-refractivity contribution in [1.82, 2.24) is 25.1 Å². The second-order valence-electron chi connectivity index (χ2n) is 9.33. The van der Waals surface area contributed by atoms with Crippen molar-refractivity contribution in [3.05, 3.63) is 53.9 Å². The van der Waals surface area contributed by atoms with E-state index in [0.29, 0.717) is 11.5 Å². The Balaban J connectivity index is 1.69. The van der Waals surface area contributed by atoms with Crippen molar-refractivity contribution >= 4 is 5.69 Å². The van der Waals surface area contributed by atoms with Gasteiger partial charge in [-0.25, -0.2) is 4.68 Å². The van der Waals surface area contributed by atoms with E-state index in [1.807, 2.05) is 28.9 Å². The predicted molar refractivity (Wildman–Crippen MR) is 131 cm³/mol. The molecule has 1 aromatic heterocycles. The first-order valence-corrected chi connectivity index (χ1v) is 11.5. The van der Waals surface area contributed by atoms with E-state index < -0.39 is 0 Å². The number of rotatable bonds is 7. The normalized spacial score (nSPS) is 15.8. The van der Waals surface area contributed by atoms with Gasteiger partial charge in [0, 0.05) is 37.4 Å². The van der Waals surface area contributed by atoms with Crippen LogP contribution in [0.25, 0.3) is 0 Å². The number of tetrazole rings is 1. The molecule has 0 amide bonds. The number of hydrogen-bond acceptors (Lipinski definition) is 8. The molecule has 1 aliphatic rings. The summed E-state index contributed by atoms with van der Waals surface area (Å²) in [4.78, 5) is 4.81. The molecule has 0 saturated carbocycles. The van der Waals surface area contributed by atoms with E-state index in [1.165, 1.54) is 5.69 Å². The summed E-state index contributed by atoms with van der Waals surface area (Å²) in [5, 5.41) is 12.9. The zero-order valence-corrected chi connectivity index (χ0v) is 20.9. The molecule has 182 valence electrons. The molecule has 1 atom stereocenters. The minimum absolute atomic E-state index is 0.183. The summed E-state index contributed by atoms with van der Waals surface area (Å²) >= 11 is 0. The molecule has 0 N–H and O–H groups in total. The quantitative estimate of drug-likeness (QED) is 0.525. The van der Waals surface area contributed by atoms with Gasteiger partial charge in [-0.2, -0.15) is 0 Å². The number of para-hydroxylation sites is 1. The van der Waals surface area contributed by atoms with E-state index in [4.69, 9.17) is 14.2 Å². The first-order chi connectivity index (χ1) is 16.4. The minimum Gasteiger partial charge on any atom is -0.497 e. The van der Waals surface area contributed by atoms with Gasteiger partial charge in [0.1, 0.15) is 11.8 Å². The summed E-state index contributed by atoms with van der Waals surface area (Å²) in [6.45, 7) is 9.76. The maximum Gasteiger partial charge on any atom is 0.173 e. The molecule has 0 bridgehead atoms. The van der Waals surface area contributed by atoms with Crippen molar-refractivity contribution in [2.75, 3.05) is 52.4 Å². The lowest BCUT2D eigenvalue weighted by atomic mass is 10.00. The van der Waals surface area contributed by atoms with Crippen molar-refractivity contribution in [1.29, 1.82) is 0 Å². The summed E-state index contributed by atoms with van der Waals surface area (Å²) in [5.74, 6) is 3.05. The largest absolute Gasteiger partial charge is 0.497 e. The summed E-state index contributed by atoms with van der Waals surface area (Å²) in [7, 11) is 5.02. The molecule has 0 radical (unpaired) electrons. The number of aromatic nitrogens is 4. The van der Waals surface area contributed by atoms with Gasteiger partial charge in [-0.1, -0.05) is 12.1 Å². The molecule has 2 aromatic carbocycles. The van der Waals surface area contributed by atoms with Crippen molar-refractivity contribution in [3.63, 3.8) is 0 Å². The van der Waals surface area contributed by atoms with Gasteiger partial charge in [-0.3, -0.25) is 4.90 Å². The summed E-state index contributed by atoms with van der Waals surface area (Å²) in [6, 6.07) is 14.0. The Labute approximate surface area is 201 Å². The lowest BCUT2D eigenvalue weighted by Gasteiger charge is -2.40. The van der Waals surface area contributed by atoms with Crippen LogP contribution < -0.4 is 19.1 Å². The van der Waals surface area contributed by atoms with Gasteiger partial charge in [0.2, 0.25) is 0 Å². The van der Waals surface area contributed by atoms with Gasteiger partial charge in [-0.15, -0.1) is 5.10 Å². The zero-order valence-electron chi connectivity index (χ0n) is 20.9. The Morgan fingerprint density at radius 3 is 2.15 bits per heavy atom. The zero-order chi connectivity index (χ0) is 24.3. The fourth-order valence-electron chi connectivity index (χ4n) is 4.50. The number of ether oxygens (including phenoxy) is 3. The molecule has 0 unspecified atom stereocenters. The van der Waals surface area contributed by atoms with Gasteiger partial charge >= 0.3 is 0 Å². The monoisotopic (exact) mass is 466 g/mol. The van der Waals surface area contributed by atoms with Crippen LogP contribution in [0.15, 0.2) is 42.5 Å². The van der Waals surface area contributed by atoms with Crippen molar-refractivity contribution in [2.45, 2.75) is 32.4 Å². The molecular formula is C25H34N6O3. The molecule has 1 aliphatic heterocycles. The Morgan fingerprint density at radius 1 is 0.853 bits per heavy atom. The second kappa shape index (κ2) is 9.89. The molecule has 1 saturated heterocycles.